The van der Waals surface area contributed by atoms with Crippen molar-refractivity contribution in [3.05, 3.63) is 24.3 Å². The van der Waals surface area contributed by atoms with E-state index in [0.29, 0.717) is 19.1 Å². The highest BCUT2D eigenvalue weighted by molar-refractivity contribution is 5.89. The Balaban J connectivity index is 1.28. The first-order chi connectivity index (χ1) is 13.6. The molecule has 7 heteroatoms. The average molecular weight is 386 g/mol. The molecule has 3 aliphatic rings. The maximum atomic E-state index is 12.8. The molecule has 0 radical (unpaired) electrons. The Labute approximate surface area is 166 Å². The van der Waals surface area contributed by atoms with Gasteiger partial charge in [0.05, 0.1) is 19.6 Å². The fourth-order valence-corrected chi connectivity index (χ4v) is 4.58. The fraction of sp³-hybridized carbons (Fsp3) is 0.619. The summed E-state index contributed by atoms with van der Waals surface area (Å²) in [4.78, 5) is 29.3. The number of amides is 2. The van der Waals surface area contributed by atoms with Crippen LogP contribution >= 0.6 is 0 Å². The molecule has 2 amide bonds. The molecule has 2 saturated heterocycles. The molecule has 7 nitrogen and oxygen atoms in total. The predicted molar refractivity (Wildman–Crippen MR) is 108 cm³/mol. The van der Waals surface area contributed by atoms with Crippen LogP contribution in [0.25, 0.3) is 0 Å². The standard InChI is InChI=1S/C21H30N4O3/c1-28-16-8-6-15(7-9-16)24-10-12-25(13-11-24)20(26)14-19-21(27)23-18-5-3-2-4-17(18)22-19/h6-9,17-19,22H,2-5,10-14H2,1H3,(H,23,27)/t17-,18-,19+/m1/s1. The van der Waals surface area contributed by atoms with Crippen LogP contribution in [0.1, 0.15) is 32.1 Å². The van der Waals surface area contributed by atoms with Gasteiger partial charge in [-0.2, -0.15) is 0 Å². The lowest BCUT2D eigenvalue weighted by Crippen LogP contribution is -2.65. The lowest BCUT2D eigenvalue weighted by Gasteiger charge is -2.41. The molecule has 2 heterocycles. The number of methoxy groups -OCH3 is 1. The Bertz CT molecular complexity index is 700. The number of carbonyl (C=O) groups excluding carboxylic acids is 2. The molecule has 1 saturated carbocycles. The minimum absolute atomic E-state index is 0.0200. The molecule has 1 aliphatic carbocycles. The number of carbonyl (C=O) groups is 2. The summed E-state index contributed by atoms with van der Waals surface area (Å²) < 4.78 is 5.21. The third-order valence-corrected chi connectivity index (χ3v) is 6.27. The van der Waals surface area contributed by atoms with E-state index in [2.05, 4.69) is 15.5 Å². The summed E-state index contributed by atoms with van der Waals surface area (Å²) in [5.41, 5.74) is 1.14. The molecule has 4 rings (SSSR count). The molecule has 3 fully saturated rings. The number of hydrogen-bond acceptors (Lipinski definition) is 5. The first-order valence-electron chi connectivity index (χ1n) is 10.4. The highest BCUT2D eigenvalue weighted by Gasteiger charge is 2.37. The number of benzene rings is 1. The number of anilines is 1. The number of nitrogens with zero attached hydrogens (tertiary/aromatic N) is 2. The van der Waals surface area contributed by atoms with Crippen LogP contribution in [0.15, 0.2) is 24.3 Å². The molecule has 0 aromatic heterocycles. The fourth-order valence-electron chi connectivity index (χ4n) is 4.58. The first-order valence-corrected chi connectivity index (χ1v) is 10.4. The van der Waals surface area contributed by atoms with Crippen molar-refractivity contribution in [2.45, 2.75) is 50.2 Å². The van der Waals surface area contributed by atoms with Crippen LogP contribution in [0, 0.1) is 0 Å². The van der Waals surface area contributed by atoms with E-state index in [0.717, 1.165) is 37.4 Å². The second-order valence-electron chi connectivity index (χ2n) is 8.00. The van der Waals surface area contributed by atoms with Gasteiger partial charge in [-0.05, 0) is 37.1 Å². The molecule has 2 N–H and O–H groups in total. The van der Waals surface area contributed by atoms with Gasteiger partial charge >= 0.3 is 0 Å². The average Bonchev–Trinajstić information content (AvgIpc) is 2.74. The number of rotatable bonds is 4. The minimum Gasteiger partial charge on any atom is -0.497 e. The normalized spacial score (nSPS) is 27.8. The molecule has 3 atom stereocenters. The molecule has 28 heavy (non-hydrogen) atoms. The summed E-state index contributed by atoms with van der Waals surface area (Å²) in [6.45, 7) is 2.97. The van der Waals surface area contributed by atoms with Gasteiger partial charge in [0.2, 0.25) is 11.8 Å². The Kier molecular flexibility index (Phi) is 5.71. The van der Waals surface area contributed by atoms with E-state index in [1.165, 1.54) is 12.8 Å². The summed E-state index contributed by atoms with van der Waals surface area (Å²) in [6, 6.07) is 8.17. The molecule has 0 bridgehead atoms. The summed E-state index contributed by atoms with van der Waals surface area (Å²) in [5, 5.41) is 6.56. The number of nitrogens with one attached hydrogen (secondary N) is 2. The van der Waals surface area contributed by atoms with Crippen molar-refractivity contribution in [3.63, 3.8) is 0 Å². The van der Waals surface area contributed by atoms with Gasteiger partial charge in [0.1, 0.15) is 5.75 Å². The van der Waals surface area contributed by atoms with Gasteiger partial charge in [-0.15, -0.1) is 0 Å². The molecule has 0 unspecified atom stereocenters. The summed E-state index contributed by atoms with van der Waals surface area (Å²) >= 11 is 0. The van der Waals surface area contributed by atoms with Crippen LogP contribution in [0.4, 0.5) is 5.69 Å². The Morgan fingerprint density at radius 2 is 1.75 bits per heavy atom. The highest BCUT2D eigenvalue weighted by Crippen LogP contribution is 2.23. The van der Waals surface area contributed by atoms with E-state index in [4.69, 9.17) is 4.74 Å². The van der Waals surface area contributed by atoms with Gasteiger partial charge in [0, 0.05) is 44.0 Å². The van der Waals surface area contributed by atoms with E-state index < -0.39 is 6.04 Å². The minimum atomic E-state index is -0.397. The maximum absolute atomic E-state index is 12.8. The smallest absolute Gasteiger partial charge is 0.237 e. The van der Waals surface area contributed by atoms with Gasteiger partial charge in [-0.3, -0.25) is 9.59 Å². The van der Waals surface area contributed by atoms with E-state index in [1.807, 2.05) is 29.2 Å². The Hall–Kier alpha value is -2.28. The quantitative estimate of drug-likeness (QED) is 0.812. The van der Waals surface area contributed by atoms with Gasteiger partial charge in [-0.25, -0.2) is 0 Å². The van der Waals surface area contributed by atoms with Crippen molar-refractivity contribution in [1.82, 2.24) is 15.5 Å². The van der Waals surface area contributed by atoms with Crippen LogP contribution < -0.4 is 20.3 Å². The SMILES string of the molecule is COc1ccc(N2CCN(C(=O)C[C@@H]3N[C@@H]4CCCC[C@H]4NC3=O)CC2)cc1. The number of piperazine rings is 2. The third kappa shape index (κ3) is 4.09. The van der Waals surface area contributed by atoms with Crippen LogP contribution in [-0.4, -0.2) is 68.1 Å². The first kappa shape index (κ1) is 19.1. The van der Waals surface area contributed by atoms with Gasteiger partial charge in [-0.1, -0.05) is 12.8 Å². The van der Waals surface area contributed by atoms with Gasteiger partial charge in [0.15, 0.2) is 0 Å². The van der Waals surface area contributed by atoms with Crippen molar-refractivity contribution in [2.24, 2.45) is 0 Å². The number of fused-ring (bicyclic) bond motifs is 1. The van der Waals surface area contributed by atoms with Crippen molar-refractivity contribution >= 4 is 17.5 Å². The maximum Gasteiger partial charge on any atom is 0.237 e. The van der Waals surface area contributed by atoms with E-state index in [-0.39, 0.29) is 24.3 Å². The van der Waals surface area contributed by atoms with Gasteiger partial charge < -0.3 is 25.2 Å². The van der Waals surface area contributed by atoms with E-state index >= 15 is 0 Å². The topological polar surface area (TPSA) is 73.9 Å². The molecule has 1 aromatic carbocycles. The monoisotopic (exact) mass is 386 g/mol. The summed E-state index contributed by atoms with van der Waals surface area (Å²) in [6.07, 6.45) is 4.73. The van der Waals surface area contributed by atoms with Crippen molar-refractivity contribution in [1.29, 1.82) is 0 Å². The second kappa shape index (κ2) is 8.39. The molecule has 2 aliphatic heterocycles. The zero-order chi connectivity index (χ0) is 19.5. The largest absolute Gasteiger partial charge is 0.497 e. The molecule has 0 spiro atoms. The Morgan fingerprint density at radius 1 is 1.07 bits per heavy atom. The molecular weight excluding hydrogens is 356 g/mol. The van der Waals surface area contributed by atoms with E-state index in [1.54, 1.807) is 7.11 Å². The molecular formula is C21H30N4O3. The van der Waals surface area contributed by atoms with Gasteiger partial charge in [0.25, 0.3) is 0 Å². The second-order valence-corrected chi connectivity index (χ2v) is 8.00. The zero-order valence-corrected chi connectivity index (χ0v) is 16.5. The van der Waals surface area contributed by atoms with Crippen LogP contribution in [0.3, 0.4) is 0 Å². The highest BCUT2D eigenvalue weighted by atomic mass is 16.5. The van der Waals surface area contributed by atoms with Crippen molar-refractivity contribution in [3.8, 4) is 5.75 Å². The van der Waals surface area contributed by atoms with Crippen LogP contribution in [-0.2, 0) is 9.59 Å². The number of hydrogen-bond donors (Lipinski definition) is 2. The van der Waals surface area contributed by atoms with Crippen molar-refractivity contribution in [2.75, 3.05) is 38.2 Å². The van der Waals surface area contributed by atoms with Crippen LogP contribution in [0.2, 0.25) is 0 Å². The Morgan fingerprint density at radius 3 is 2.43 bits per heavy atom. The van der Waals surface area contributed by atoms with E-state index in [9.17, 15) is 9.59 Å². The summed E-state index contributed by atoms with van der Waals surface area (Å²) in [5.74, 6) is 0.890. The summed E-state index contributed by atoms with van der Waals surface area (Å²) in [7, 11) is 1.66. The third-order valence-electron chi connectivity index (χ3n) is 6.27. The predicted octanol–water partition coefficient (Wildman–Crippen LogP) is 1.13. The lowest BCUT2D eigenvalue weighted by molar-refractivity contribution is -0.136. The molecule has 1 aromatic rings. The zero-order valence-electron chi connectivity index (χ0n) is 16.5. The van der Waals surface area contributed by atoms with Crippen LogP contribution in [0.5, 0.6) is 5.75 Å². The number of ether oxygens (including phenoxy) is 1. The van der Waals surface area contributed by atoms with Crippen molar-refractivity contribution < 1.29 is 14.3 Å². The molecule has 152 valence electrons. The lowest BCUT2D eigenvalue weighted by atomic mass is 9.87.